The molecule has 1 unspecified atom stereocenters. The Balaban J connectivity index is 1.44. The number of alkyl halides is 3. The number of hydrogen-bond donors (Lipinski definition) is 2. The highest BCUT2D eigenvalue weighted by molar-refractivity contribution is 6.01. The minimum absolute atomic E-state index is 0.0282. The van der Waals surface area contributed by atoms with E-state index in [1.54, 1.807) is 25.1 Å². The van der Waals surface area contributed by atoms with Crippen LogP contribution in [0.4, 0.5) is 17.6 Å². The number of likely N-dealkylation sites (tertiary alicyclic amines) is 1. The summed E-state index contributed by atoms with van der Waals surface area (Å²) in [5.74, 6) is -2.66. The summed E-state index contributed by atoms with van der Waals surface area (Å²) in [6.07, 6.45) is -2.28. The van der Waals surface area contributed by atoms with Crippen molar-refractivity contribution in [1.29, 1.82) is 0 Å². The predicted octanol–water partition coefficient (Wildman–Crippen LogP) is 5.31. The molecule has 1 aliphatic carbocycles. The Labute approximate surface area is 218 Å². The SMILES string of the molecule is Cc1cc(C(=O)N2[C@@H](C)CC[C@@H]2C)ccc1C(C)NC(=O)C1(NC(=O)c2cc(F)cc(C(F)(F)F)c2)CC1. The van der Waals surface area contributed by atoms with E-state index in [2.05, 4.69) is 10.6 Å². The third-order valence-electron chi connectivity index (χ3n) is 7.54. The quantitative estimate of drug-likeness (QED) is 0.495. The van der Waals surface area contributed by atoms with E-state index in [0.29, 0.717) is 36.6 Å². The molecule has 0 aromatic heterocycles. The number of carbonyl (C=O) groups is 3. The van der Waals surface area contributed by atoms with Gasteiger partial charge in [0, 0.05) is 23.2 Å². The van der Waals surface area contributed by atoms with Crippen molar-refractivity contribution in [3.05, 3.63) is 70.0 Å². The molecule has 1 heterocycles. The van der Waals surface area contributed by atoms with Crippen molar-refractivity contribution >= 4 is 17.7 Å². The van der Waals surface area contributed by atoms with E-state index in [9.17, 15) is 31.9 Å². The highest BCUT2D eigenvalue weighted by Gasteiger charge is 2.51. The second kappa shape index (κ2) is 10.0. The van der Waals surface area contributed by atoms with Crippen LogP contribution >= 0.6 is 0 Å². The molecule has 2 aromatic rings. The summed E-state index contributed by atoms with van der Waals surface area (Å²) < 4.78 is 52.8. The number of rotatable bonds is 6. The summed E-state index contributed by atoms with van der Waals surface area (Å²) in [6.45, 7) is 7.70. The summed E-state index contributed by atoms with van der Waals surface area (Å²) in [7, 11) is 0. The number of amides is 3. The van der Waals surface area contributed by atoms with Crippen LogP contribution in [-0.4, -0.2) is 40.2 Å². The van der Waals surface area contributed by atoms with Crippen molar-refractivity contribution < 1.29 is 31.9 Å². The molecule has 4 rings (SSSR count). The maximum atomic E-state index is 13.7. The first-order chi connectivity index (χ1) is 17.7. The van der Waals surface area contributed by atoms with Crippen molar-refractivity contribution in [3.63, 3.8) is 0 Å². The van der Waals surface area contributed by atoms with Crippen LogP contribution in [-0.2, 0) is 11.0 Å². The molecule has 3 atom stereocenters. The van der Waals surface area contributed by atoms with Gasteiger partial charge in [-0.25, -0.2) is 4.39 Å². The second-order valence-corrected chi connectivity index (χ2v) is 10.5. The molecule has 1 saturated heterocycles. The lowest BCUT2D eigenvalue weighted by Gasteiger charge is -2.27. The van der Waals surface area contributed by atoms with Crippen molar-refractivity contribution in [2.24, 2.45) is 0 Å². The number of nitrogens with one attached hydrogen (secondary N) is 2. The largest absolute Gasteiger partial charge is 0.416 e. The zero-order valence-corrected chi connectivity index (χ0v) is 21.7. The van der Waals surface area contributed by atoms with Gasteiger partial charge in [0.25, 0.3) is 11.8 Å². The lowest BCUT2D eigenvalue weighted by atomic mass is 9.98. The molecule has 204 valence electrons. The van der Waals surface area contributed by atoms with Crippen molar-refractivity contribution in [2.75, 3.05) is 0 Å². The summed E-state index contributed by atoms with van der Waals surface area (Å²) in [5.41, 5.74) is -0.888. The summed E-state index contributed by atoms with van der Waals surface area (Å²) in [5, 5.41) is 5.35. The first-order valence-corrected chi connectivity index (χ1v) is 12.7. The van der Waals surface area contributed by atoms with Crippen LogP contribution in [0.2, 0.25) is 0 Å². The molecule has 10 heteroatoms. The number of carbonyl (C=O) groups excluding carboxylic acids is 3. The molecule has 2 aliphatic rings. The zero-order valence-electron chi connectivity index (χ0n) is 21.7. The van der Waals surface area contributed by atoms with E-state index in [4.69, 9.17) is 0 Å². The van der Waals surface area contributed by atoms with Crippen LogP contribution in [0.3, 0.4) is 0 Å². The molecule has 2 aromatic carbocycles. The Hall–Kier alpha value is -3.43. The van der Waals surface area contributed by atoms with Gasteiger partial charge in [0.2, 0.25) is 5.91 Å². The highest BCUT2D eigenvalue weighted by Crippen LogP contribution is 2.37. The molecule has 2 fully saturated rings. The van der Waals surface area contributed by atoms with Gasteiger partial charge in [-0.15, -0.1) is 0 Å². The molecule has 3 amide bonds. The van der Waals surface area contributed by atoms with Gasteiger partial charge >= 0.3 is 6.18 Å². The van der Waals surface area contributed by atoms with Gasteiger partial charge in [-0.2, -0.15) is 13.2 Å². The molecule has 38 heavy (non-hydrogen) atoms. The van der Waals surface area contributed by atoms with Crippen molar-refractivity contribution in [2.45, 2.75) is 83.2 Å². The number of nitrogens with zero attached hydrogens (tertiary/aromatic N) is 1. The highest BCUT2D eigenvalue weighted by atomic mass is 19.4. The van der Waals surface area contributed by atoms with Crippen LogP contribution in [0.5, 0.6) is 0 Å². The molecule has 0 bridgehead atoms. The Kier molecular flexibility index (Phi) is 7.29. The second-order valence-electron chi connectivity index (χ2n) is 10.5. The van der Waals surface area contributed by atoms with E-state index in [1.165, 1.54) is 0 Å². The number of aryl methyl sites for hydroxylation is 1. The molecule has 6 nitrogen and oxygen atoms in total. The summed E-state index contributed by atoms with van der Waals surface area (Å²) in [6, 6.07) is 6.80. The number of benzene rings is 2. The van der Waals surface area contributed by atoms with Crippen LogP contribution < -0.4 is 10.6 Å². The molecule has 1 saturated carbocycles. The van der Waals surface area contributed by atoms with Crippen LogP contribution in [0, 0.1) is 12.7 Å². The first-order valence-electron chi connectivity index (χ1n) is 12.7. The van der Waals surface area contributed by atoms with Crippen LogP contribution in [0.25, 0.3) is 0 Å². The van der Waals surface area contributed by atoms with Crippen molar-refractivity contribution in [3.8, 4) is 0 Å². The normalized spacial score (nSPS) is 21.1. The standard InChI is InChI=1S/C28H31F4N3O3/c1-15-11-19(25(37)35-16(2)5-6-17(35)3)7-8-23(15)18(4)33-26(38)27(9-10-27)34-24(36)20-12-21(28(30,31)32)14-22(29)13-20/h7-8,11-14,16-18H,5-6,9-10H2,1-4H3,(H,33,38)(H,34,36)/t16-,17-,18?/m0/s1. The predicted molar refractivity (Wildman–Crippen MR) is 133 cm³/mol. The van der Waals surface area contributed by atoms with E-state index >= 15 is 0 Å². The summed E-state index contributed by atoms with van der Waals surface area (Å²) >= 11 is 0. The molecular formula is C28H31F4N3O3. The minimum Gasteiger partial charge on any atom is -0.348 e. The Bertz CT molecular complexity index is 1260. The fraction of sp³-hybridized carbons (Fsp3) is 0.464. The number of hydrogen-bond acceptors (Lipinski definition) is 3. The third kappa shape index (κ3) is 5.54. The molecule has 2 N–H and O–H groups in total. The van der Waals surface area contributed by atoms with Gasteiger partial charge in [-0.3, -0.25) is 14.4 Å². The Morgan fingerprint density at radius 1 is 1.00 bits per heavy atom. The summed E-state index contributed by atoms with van der Waals surface area (Å²) in [4.78, 5) is 40.7. The van der Waals surface area contributed by atoms with Gasteiger partial charge < -0.3 is 15.5 Å². The van der Waals surface area contributed by atoms with Gasteiger partial charge in [0.05, 0.1) is 11.6 Å². The fourth-order valence-corrected chi connectivity index (χ4v) is 5.16. The van der Waals surface area contributed by atoms with E-state index in [0.717, 1.165) is 24.0 Å². The maximum Gasteiger partial charge on any atom is 0.416 e. The zero-order chi connectivity index (χ0) is 28.0. The lowest BCUT2D eigenvalue weighted by molar-refractivity contribution is -0.137. The van der Waals surface area contributed by atoms with E-state index in [1.807, 2.05) is 25.7 Å². The lowest BCUT2D eigenvalue weighted by Crippen LogP contribution is -2.49. The average Bonchev–Trinajstić information content (AvgIpc) is 3.54. The van der Waals surface area contributed by atoms with Gasteiger partial charge in [0.15, 0.2) is 0 Å². The smallest absolute Gasteiger partial charge is 0.348 e. The third-order valence-corrected chi connectivity index (χ3v) is 7.54. The Morgan fingerprint density at radius 3 is 2.18 bits per heavy atom. The fourth-order valence-electron chi connectivity index (χ4n) is 5.16. The van der Waals surface area contributed by atoms with Crippen LogP contribution in [0.1, 0.15) is 89.9 Å². The Morgan fingerprint density at radius 2 is 1.63 bits per heavy atom. The van der Waals surface area contributed by atoms with Gasteiger partial charge in [0.1, 0.15) is 11.4 Å². The van der Waals surface area contributed by atoms with E-state index in [-0.39, 0.29) is 18.0 Å². The molecule has 0 spiro atoms. The van der Waals surface area contributed by atoms with Gasteiger partial charge in [-0.05, 0) is 94.8 Å². The minimum atomic E-state index is -4.82. The average molecular weight is 534 g/mol. The number of halogens is 4. The molecule has 1 aliphatic heterocycles. The van der Waals surface area contributed by atoms with Gasteiger partial charge in [-0.1, -0.05) is 6.07 Å². The maximum absolute atomic E-state index is 13.7. The topological polar surface area (TPSA) is 78.5 Å². The van der Waals surface area contributed by atoms with Crippen LogP contribution in [0.15, 0.2) is 36.4 Å². The first kappa shape index (κ1) is 27.6. The monoisotopic (exact) mass is 533 g/mol. The molecule has 0 radical (unpaired) electrons. The van der Waals surface area contributed by atoms with Crippen molar-refractivity contribution in [1.82, 2.24) is 15.5 Å². The van der Waals surface area contributed by atoms with E-state index < -0.39 is 46.5 Å². The molecular weight excluding hydrogens is 502 g/mol.